The molecule has 0 saturated heterocycles. The summed E-state index contributed by atoms with van der Waals surface area (Å²) >= 11 is 0. The van der Waals surface area contributed by atoms with E-state index < -0.39 is 5.60 Å². The van der Waals surface area contributed by atoms with Crippen LogP contribution >= 0.6 is 0 Å². The minimum Gasteiger partial charge on any atom is -0.494 e. The van der Waals surface area contributed by atoms with Crippen LogP contribution in [0.15, 0.2) is 54.0 Å². The number of hydrogen-bond donors (Lipinski definition) is 0. The standard InChI is InChI=1S/C22H31NO4/c1-15(2)23(16(3)4)21(24)22(27-7)18(17-11-9-8-10-12-17)13-14-19(25-5)20(22)26-6/h8-16,18H,1-7H3. The van der Waals surface area contributed by atoms with Crippen LogP contribution in [0.5, 0.6) is 0 Å². The molecule has 148 valence electrons. The summed E-state index contributed by atoms with van der Waals surface area (Å²) in [4.78, 5) is 15.8. The summed E-state index contributed by atoms with van der Waals surface area (Å²) in [5.41, 5.74) is -0.369. The highest BCUT2D eigenvalue weighted by atomic mass is 16.6. The Hall–Kier alpha value is -2.27. The normalized spacial score (nSPS) is 22.3. The average Bonchev–Trinajstić information content (AvgIpc) is 2.66. The summed E-state index contributed by atoms with van der Waals surface area (Å²) in [6.45, 7) is 8.02. The predicted octanol–water partition coefficient (Wildman–Crippen LogP) is 3.88. The number of carbonyl (C=O) groups is 1. The van der Waals surface area contributed by atoms with Crippen LogP contribution in [0.3, 0.4) is 0 Å². The van der Waals surface area contributed by atoms with Gasteiger partial charge in [-0.15, -0.1) is 0 Å². The second kappa shape index (κ2) is 8.61. The lowest BCUT2D eigenvalue weighted by molar-refractivity contribution is -0.161. The zero-order valence-corrected chi connectivity index (χ0v) is 17.4. The van der Waals surface area contributed by atoms with Crippen molar-refractivity contribution >= 4 is 5.91 Å². The highest BCUT2D eigenvalue weighted by Crippen LogP contribution is 2.45. The van der Waals surface area contributed by atoms with E-state index in [2.05, 4.69) is 0 Å². The summed E-state index contributed by atoms with van der Waals surface area (Å²) in [5.74, 6) is 0.400. The summed E-state index contributed by atoms with van der Waals surface area (Å²) < 4.78 is 17.2. The van der Waals surface area contributed by atoms with Crippen molar-refractivity contribution in [1.82, 2.24) is 4.90 Å². The number of allylic oxidation sites excluding steroid dienone is 1. The molecule has 0 heterocycles. The minimum absolute atomic E-state index is 0.0101. The van der Waals surface area contributed by atoms with Crippen molar-refractivity contribution in [3.05, 3.63) is 59.6 Å². The van der Waals surface area contributed by atoms with E-state index >= 15 is 0 Å². The molecule has 0 radical (unpaired) electrons. The summed E-state index contributed by atoms with van der Waals surface area (Å²) in [5, 5.41) is 0. The van der Waals surface area contributed by atoms with E-state index in [0.29, 0.717) is 11.5 Å². The zero-order valence-electron chi connectivity index (χ0n) is 17.4. The van der Waals surface area contributed by atoms with Crippen molar-refractivity contribution in [2.75, 3.05) is 21.3 Å². The second-order valence-corrected chi connectivity index (χ2v) is 7.19. The average molecular weight is 373 g/mol. The molecule has 0 saturated carbocycles. The van der Waals surface area contributed by atoms with Crippen molar-refractivity contribution in [2.24, 2.45) is 0 Å². The molecule has 5 heteroatoms. The number of methoxy groups -OCH3 is 3. The Bertz CT molecular complexity index is 700. The van der Waals surface area contributed by atoms with Crippen LogP contribution in [0.25, 0.3) is 0 Å². The molecule has 2 unspecified atom stereocenters. The first-order valence-corrected chi connectivity index (χ1v) is 9.28. The van der Waals surface area contributed by atoms with E-state index in [1.807, 2.05) is 75.1 Å². The molecule has 5 nitrogen and oxygen atoms in total. The van der Waals surface area contributed by atoms with Gasteiger partial charge >= 0.3 is 0 Å². The van der Waals surface area contributed by atoms with Crippen LogP contribution in [-0.2, 0) is 19.0 Å². The topological polar surface area (TPSA) is 48.0 Å². The lowest BCUT2D eigenvalue weighted by Crippen LogP contribution is -2.59. The molecule has 0 N–H and O–H groups in total. The minimum atomic E-state index is -1.34. The van der Waals surface area contributed by atoms with Gasteiger partial charge < -0.3 is 19.1 Å². The summed E-state index contributed by atoms with van der Waals surface area (Å²) in [7, 11) is 4.67. The van der Waals surface area contributed by atoms with Gasteiger partial charge in [0.25, 0.3) is 5.91 Å². The van der Waals surface area contributed by atoms with E-state index in [1.165, 1.54) is 0 Å². The van der Waals surface area contributed by atoms with Crippen LogP contribution < -0.4 is 0 Å². The SMILES string of the molecule is COC1=C(OC)C(OC)(C(=O)N(C(C)C)C(C)C)C(c2ccccc2)C=C1. The first-order valence-electron chi connectivity index (χ1n) is 9.28. The number of nitrogens with zero attached hydrogens (tertiary/aromatic N) is 1. The van der Waals surface area contributed by atoms with Crippen LogP contribution in [-0.4, -0.2) is 49.8 Å². The molecule has 0 aliphatic heterocycles. The van der Waals surface area contributed by atoms with Crippen LogP contribution in [0.2, 0.25) is 0 Å². The number of hydrogen-bond acceptors (Lipinski definition) is 4. The maximum atomic E-state index is 13.9. The number of carbonyl (C=O) groups excluding carboxylic acids is 1. The van der Waals surface area contributed by atoms with Crippen LogP contribution in [0.1, 0.15) is 39.2 Å². The fourth-order valence-corrected chi connectivity index (χ4v) is 3.93. The fraction of sp³-hybridized carbons (Fsp3) is 0.500. The lowest BCUT2D eigenvalue weighted by Gasteiger charge is -2.45. The molecule has 0 spiro atoms. The smallest absolute Gasteiger partial charge is 0.264 e. The highest BCUT2D eigenvalue weighted by Gasteiger charge is 2.56. The first kappa shape index (κ1) is 21.0. The van der Waals surface area contributed by atoms with Gasteiger partial charge in [0.15, 0.2) is 11.5 Å². The van der Waals surface area contributed by atoms with Gasteiger partial charge in [-0.25, -0.2) is 0 Å². The maximum Gasteiger partial charge on any atom is 0.264 e. The van der Waals surface area contributed by atoms with Gasteiger partial charge in [0.1, 0.15) is 0 Å². The van der Waals surface area contributed by atoms with E-state index in [1.54, 1.807) is 21.3 Å². The molecule has 1 aromatic carbocycles. The third kappa shape index (κ3) is 3.61. The largest absolute Gasteiger partial charge is 0.494 e. The Morgan fingerprint density at radius 1 is 1.00 bits per heavy atom. The van der Waals surface area contributed by atoms with Gasteiger partial charge in [-0.2, -0.15) is 0 Å². The predicted molar refractivity (Wildman–Crippen MR) is 106 cm³/mol. The van der Waals surface area contributed by atoms with Crippen molar-refractivity contribution in [1.29, 1.82) is 0 Å². The van der Waals surface area contributed by atoms with Gasteiger partial charge in [-0.05, 0) is 39.3 Å². The van der Waals surface area contributed by atoms with Crippen molar-refractivity contribution in [3.8, 4) is 0 Å². The summed E-state index contributed by atoms with van der Waals surface area (Å²) in [6, 6.07) is 9.88. The van der Waals surface area contributed by atoms with Gasteiger partial charge in [0.2, 0.25) is 5.60 Å². The van der Waals surface area contributed by atoms with Crippen LogP contribution in [0, 0.1) is 0 Å². The molecule has 0 fully saturated rings. The Labute approximate surface area is 162 Å². The van der Waals surface area contributed by atoms with Crippen molar-refractivity contribution in [3.63, 3.8) is 0 Å². The fourth-order valence-electron chi connectivity index (χ4n) is 3.93. The molecule has 1 aliphatic rings. The molecule has 1 aliphatic carbocycles. The van der Waals surface area contributed by atoms with Gasteiger partial charge in [0, 0.05) is 25.1 Å². The zero-order chi connectivity index (χ0) is 20.2. The molecular weight excluding hydrogens is 342 g/mol. The van der Waals surface area contributed by atoms with Gasteiger partial charge in [-0.1, -0.05) is 36.4 Å². The molecule has 0 aromatic heterocycles. The van der Waals surface area contributed by atoms with E-state index in [-0.39, 0.29) is 23.9 Å². The number of ether oxygens (including phenoxy) is 3. The Balaban J connectivity index is 2.74. The van der Waals surface area contributed by atoms with Gasteiger partial charge in [0.05, 0.1) is 14.2 Å². The monoisotopic (exact) mass is 373 g/mol. The lowest BCUT2D eigenvalue weighted by atomic mass is 9.75. The third-order valence-electron chi connectivity index (χ3n) is 5.01. The van der Waals surface area contributed by atoms with E-state index in [9.17, 15) is 4.79 Å². The first-order chi connectivity index (χ1) is 12.8. The quantitative estimate of drug-likeness (QED) is 0.728. The molecule has 0 bridgehead atoms. The molecule has 1 aromatic rings. The highest BCUT2D eigenvalue weighted by molar-refractivity contribution is 5.91. The van der Waals surface area contributed by atoms with E-state index in [0.717, 1.165) is 5.56 Å². The van der Waals surface area contributed by atoms with Crippen molar-refractivity contribution in [2.45, 2.75) is 51.3 Å². The van der Waals surface area contributed by atoms with Crippen LogP contribution in [0.4, 0.5) is 0 Å². The molecule has 27 heavy (non-hydrogen) atoms. The number of amides is 1. The number of benzene rings is 1. The molecule has 1 amide bonds. The van der Waals surface area contributed by atoms with E-state index in [4.69, 9.17) is 14.2 Å². The summed E-state index contributed by atoms with van der Waals surface area (Å²) in [6.07, 6.45) is 3.80. The Kier molecular flexibility index (Phi) is 6.71. The third-order valence-corrected chi connectivity index (χ3v) is 5.01. The Morgan fingerprint density at radius 3 is 2.04 bits per heavy atom. The van der Waals surface area contributed by atoms with Gasteiger partial charge in [-0.3, -0.25) is 4.79 Å². The maximum absolute atomic E-state index is 13.9. The second-order valence-electron chi connectivity index (χ2n) is 7.19. The van der Waals surface area contributed by atoms with Crippen molar-refractivity contribution < 1.29 is 19.0 Å². The Morgan fingerprint density at radius 2 is 1.59 bits per heavy atom. The molecular formula is C22H31NO4. The number of rotatable bonds is 7. The molecule has 2 rings (SSSR count). The molecule has 2 atom stereocenters.